The number of aliphatic hydroxyl groups excluding tert-OH is 1. The molecule has 1 amide bonds. The van der Waals surface area contributed by atoms with Crippen LogP contribution in [-0.2, 0) is 9.59 Å². The number of carbonyl (C=O) groups excluding carboxylic acids is 1. The van der Waals surface area contributed by atoms with Crippen LogP contribution in [0.25, 0.3) is 0 Å². The topological polar surface area (TPSA) is 116 Å². The molecule has 0 aromatic carbocycles. The molecule has 1 aliphatic rings. The smallest absolute Gasteiger partial charge is 0.326 e. The van der Waals surface area contributed by atoms with E-state index in [0.717, 1.165) is 25.9 Å². The van der Waals surface area contributed by atoms with Crippen LogP contribution in [0.1, 0.15) is 19.3 Å². The van der Waals surface area contributed by atoms with E-state index in [4.69, 9.17) is 15.9 Å². The van der Waals surface area contributed by atoms with Crippen molar-refractivity contribution in [3.8, 4) is 0 Å². The van der Waals surface area contributed by atoms with Crippen LogP contribution in [0.15, 0.2) is 0 Å². The molecule has 0 aromatic heterocycles. The van der Waals surface area contributed by atoms with Gasteiger partial charge in [0.25, 0.3) is 0 Å². The van der Waals surface area contributed by atoms with E-state index >= 15 is 0 Å². The number of amides is 1. The van der Waals surface area contributed by atoms with Crippen molar-refractivity contribution in [3.05, 3.63) is 0 Å². The van der Waals surface area contributed by atoms with E-state index in [-0.39, 0.29) is 31.5 Å². The molecule has 0 spiro atoms. The molecule has 0 bridgehead atoms. The minimum Gasteiger partial charge on any atom is -0.480 e. The summed E-state index contributed by atoms with van der Waals surface area (Å²) in [6.45, 7) is 1.43. The molecule has 1 heterocycles. The van der Waals surface area contributed by atoms with Crippen molar-refractivity contribution in [2.75, 3.05) is 26.2 Å². The summed E-state index contributed by atoms with van der Waals surface area (Å²) in [7, 11) is 0. The summed E-state index contributed by atoms with van der Waals surface area (Å²) >= 11 is 0. The van der Waals surface area contributed by atoms with E-state index in [2.05, 4.69) is 5.32 Å². The highest BCUT2D eigenvalue weighted by Gasteiger charge is 2.22. The molecule has 0 aromatic rings. The molecule has 5 N–H and O–H groups in total. The van der Waals surface area contributed by atoms with E-state index < -0.39 is 12.0 Å². The number of carboxylic acid groups (broad SMARTS) is 1. The number of hydrogen-bond acceptors (Lipinski definition) is 5. The Kier molecular flexibility index (Phi) is 6.03. The molecule has 7 heteroatoms. The first-order chi connectivity index (χ1) is 8.52. The predicted molar refractivity (Wildman–Crippen MR) is 64.9 cm³/mol. The quantitative estimate of drug-likeness (QED) is 0.455. The van der Waals surface area contributed by atoms with Gasteiger partial charge in [0.05, 0.1) is 6.54 Å². The van der Waals surface area contributed by atoms with Crippen molar-refractivity contribution >= 4 is 11.9 Å². The second kappa shape index (κ2) is 7.30. The van der Waals surface area contributed by atoms with Crippen LogP contribution < -0.4 is 11.1 Å². The Hall–Kier alpha value is -1.18. The van der Waals surface area contributed by atoms with E-state index in [9.17, 15) is 9.59 Å². The van der Waals surface area contributed by atoms with Crippen LogP contribution in [-0.4, -0.2) is 65.3 Å². The fourth-order valence-electron chi connectivity index (χ4n) is 1.94. The van der Waals surface area contributed by atoms with Crippen molar-refractivity contribution in [3.63, 3.8) is 0 Å². The normalized spacial score (nSPS) is 19.4. The maximum Gasteiger partial charge on any atom is 0.326 e. The minimum absolute atomic E-state index is 0.0198. The van der Waals surface area contributed by atoms with Gasteiger partial charge < -0.3 is 21.3 Å². The SMILES string of the molecule is NC1CCN(CC(=O)NC(CCO)C(=O)O)CC1. The van der Waals surface area contributed by atoms with Gasteiger partial charge in [0.2, 0.25) is 5.91 Å². The van der Waals surface area contributed by atoms with Gasteiger partial charge in [0.15, 0.2) is 0 Å². The van der Waals surface area contributed by atoms with Crippen molar-refractivity contribution in [1.29, 1.82) is 0 Å². The Morgan fingerprint density at radius 3 is 2.50 bits per heavy atom. The third kappa shape index (κ3) is 4.99. The number of piperidine rings is 1. The third-order valence-corrected chi connectivity index (χ3v) is 3.05. The predicted octanol–water partition coefficient (Wildman–Crippen LogP) is -1.64. The molecule has 104 valence electrons. The van der Waals surface area contributed by atoms with Gasteiger partial charge in [-0.15, -0.1) is 0 Å². The highest BCUT2D eigenvalue weighted by molar-refractivity contribution is 5.84. The zero-order chi connectivity index (χ0) is 13.5. The first-order valence-electron chi connectivity index (χ1n) is 6.14. The number of nitrogens with one attached hydrogen (secondary N) is 1. The highest BCUT2D eigenvalue weighted by atomic mass is 16.4. The maximum atomic E-state index is 11.7. The lowest BCUT2D eigenvalue weighted by Gasteiger charge is -2.29. The Morgan fingerprint density at radius 1 is 1.39 bits per heavy atom. The Morgan fingerprint density at radius 2 is 2.00 bits per heavy atom. The summed E-state index contributed by atoms with van der Waals surface area (Å²) in [5, 5.41) is 20.0. The second-order valence-corrected chi connectivity index (χ2v) is 4.58. The fraction of sp³-hybridized carbons (Fsp3) is 0.818. The van der Waals surface area contributed by atoms with Gasteiger partial charge in [0, 0.05) is 32.2 Å². The number of rotatable bonds is 6. The highest BCUT2D eigenvalue weighted by Crippen LogP contribution is 2.07. The van der Waals surface area contributed by atoms with Crippen LogP contribution in [0.2, 0.25) is 0 Å². The summed E-state index contributed by atoms with van der Waals surface area (Å²) in [6.07, 6.45) is 1.73. The molecule has 1 atom stereocenters. The van der Waals surface area contributed by atoms with E-state index in [1.165, 1.54) is 0 Å². The maximum absolute atomic E-state index is 11.7. The Balaban J connectivity index is 2.33. The summed E-state index contributed by atoms with van der Waals surface area (Å²) in [5.41, 5.74) is 5.76. The minimum atomic E-state index is -1.13. The molecule has 0 saturated carbocycles. The monoisotopic (exact) mass is 259 g/mol. The molecule has 1 unspecified atom stereocenters. The molecule has 7 nitrogen and oxygen atoms in total. The number of carbonyl (C=O) groups is 2. The van der Waals surface area contributed by atoms with Gasteiger partial charge >= 0.3 is 5.97 Å². The molecule has 1 aliphatic heterocycles. The fourth-order valence-corrected chi connectivity index (χ4v) is 1.94. The van der Waals surface area contributed by atoms with Crippen molar-refractivity contribution in [2.24, 2.45) is 5.73 Å². The van der Waals surface area contributed by atoms with Gasteiger partial charge in [-0.05, 0) is 12.8 Å². The number of aliphatic hydroxyl groups is 1. The molecular formula is C11H21N3O4. The molecule has 0 radical (unpaired) electrons. The molecule has 18 heavy (non-hydrogen) atoms. The van der Waals surface area contributed by atoms with Gasteiger partial charge in [0.1, 0.15) is 6.04 Å². The third-order valence-electron chi connectivity index (χ3n) is 3.05. The average molecular weight is 259 g/mol. The van der Waals surface area contributed by atoms with Gasteiger partial charge in [-0.1, -0.05) is 0 Å². The number of carboxylic acids is 1. The van der Waals surface area contributed by atoms with E-state index in [1.54, 1.807) is 0 Å². The Labute approximate surface area is 106 Å². The first-order valence-corrected chi connectivity index (χ1v) is 6.14. The largest absolute Gasteiger partial charge is 0.480 e. The van der Waals surface area contributed by atoms with Crippen molar-refractivity contribution in [1.82, 2.24) is 10.2 Å². The molecular weight excluding hydrogens is 238 g/mol. The first kappa shape index (κ1) is 14.9. The number of aliphatic carboxylic acids is 1. The second-order valence-electron chi connectivity index (χ2n) is 4.58. The molecule has 1 rings (SSSR count). The Bertz CT molecular complexity index is 290. The van der Waals surface area contributed by atoms with E-state index in [0.29, 0.717) is 0 Å². The lowest BCUT2D eigenvalue weighted by molar-refractivity contribution is -0.142. The molecule has 0 aliphatic carbocycles. The van der Waals surface area contributed by atoms with Gasteiger partial charge in [-0.25, -0.2) is 4.79 Å². The summed E-state index contributed by atoms with van der Waals surface area (Å²) in [5.74, 6) is -1.45. The van der Waals surface area contributed by atoms with Crippen LogP contribution in [0, 0.1) is 0 Å². The number of hydrogen-bond donors (Lipinski definition) is 4. The lowest BCUT2D eigenvalue weighted by atomic mass is 10.1. The standard InChI is InChI=1S/C11H21N3O4/c12-8-1-4-14(5-2-8)7-10(16)13-9(3-6-15)11(17)18/h8-9,15H,1-7,12H2,(H,13,16)(H,17,18). The lowest BCUT2D eigenvalue weighted by Crippen LogP contribution is -2.48. The average Bonchev–Trinajstić information content (AvgIpc) is 2.31. The number of likely N-dealkylation sites (tertiary alicyclic amines) is 1. The van der Waals surface area contributed by atoms with Crippen LogP contribution in [0.5, 0.6) is 0 Å². The van der Waals surface area contributed by atoms with Gasteiger partial charge in [-0.3, -0.25) is 9.69 Å². The van der Waals surface area contributed by atoms with Crippen LogP contribution in [0.3, 0.4) is 0 Å². The van der Waals surface area contributed by atoms with E-state index in [1.807, 2.05) is 4.90 Å². The summed E-state index contributed by atoms with van der Waals surface area (Å²) in [6, 6.07) is -0.819. The summed E-state index contributed by atoms with van der Waals surface area (Å²) < 4.78 is 0. The zero-order valence-electron chi connectivity index (χ0n) is 10.3. The van der Waals surface area contributed by atoms with Crippen LogP contribution in [0.4, 0.5) is 0 Å². The molecule has 1 saturated heterocycles. The zero-order valence-corrected chi connectivity index (χ0v) is 10.3. The number of nitrogens with zero attached hydrogens (tertiary/aromatic N) is 1. The van der Waals surface area contributed by atoms with Crippen molar-refractivity contribution < 1.29 is 19.8 Å². The van der Waals surface area contributed by atoms with Gasteiger partial charge in [-0.2, -0.15) is 0 Å². The van der Waals surface area contributed by atoms with Crippen molar-refractivity contribution in [2.45, 2.75) is 31.3 Å². The number of nitrogens with two attached hydrogens (primary N) is 1. The van der Waals surface area contributed by atoms with Crippen LogP contribution >= 0.6 is 0 Å². The molecule has 1 fully saturated rings. The summed E-state index contributed by atoms with van der Waals surface area (Å²) in [4.78, 5) is 24.4.